The highest BCUT2D eigenvalue weighted by Crippen LogP contribution is 2.23. The molecule has 0 spiro atoms. The Labute approximate surface area is 122 Å². The van der Waals surface area contributed by atoms with E-state index in [2.05, 4.69) is 52.9 Å². The summed E-state index contributed by atoms with van der Waals surface area (Å²) in [5, 5.41) is 3.49. The molecule has 0 bridgehead atoms. The van der Waals surface area contributed by atoms with Gasteiger partial charge < -0.3 is 10.1 Å². The Kier molecular flexibility index (Phi) is 7.05. The number of aryl methyl sites for hydroxylation is 1. The van der Waals surface area contributed by atoms with E-state index in [1.165, 1.54) is 15.3 Å². The fourth-order valence-corrected chi connectivity index (χ4v) is 2.73. The average Bonchev–Trinajstić information content (AvgIpc) is 2.66. The summed E-state index contributed by atoms with van der Waals surface area (Å²) in [6.07, 6.45) is 0.321. The zero-order valence-electron chi connectivity index (χ0n) is 13.2. The lowest BCUT2D eigenvalue weighted by atomic mass is 10.1. The average molecular weight is 283 g/mol. The summed E-state index contributed by atoms with van der Waals surface area (Å²) in [7, 11) is 0. The minimum absolute atomic E-state index is 0.321. The van der Waals surface area contributed by atoms with Crippen molar-refractivity contribution >= 4 is 11.3 Å². The molecule has 110 valence electrons. The number of hydrogen-bond donors (Lipinski definition) is 1. The summed E-state index contributed by atoms with van der Waals surface area (Å²) in [5.41, 5.74) is 1.35. The molecular formula is C16H29NOS. The van der Waals surface area contributed by atoms with E-state index in [4.69, 9.17) is 4.74 Å². The minimum atomic E-state index is 0.321. The molecule has 1 heterocycles. The second-order valence-electron chi connectivity index (χ2n) is 6.08. The molecule has 1 unspecified atom stereocenters. The summed E-state index contributed by atoms with van der Waals surface area (Å²) in [6.45, 7) is 16.0. The molecule has 1 aromatic rings. The Morgan fingerprint density at radius 1 is 1.21 bits per heavy atom. The van der Waals surface area contributed by atoms with Gasteiger partial charge in [0.2, 0.25) is 0 Å². The Balaban J connectivity index is 2.45. The van der Waals surface area contributed by atoms with Crippen LogP contribution in [-0.2, 0) is 17.9 Å². The van der Waals surface area contributed by atoms with E-state index in [-0.39, 0.29) is 0 Å². The normalized spacial score (nSPS) is 13.5. The molecular weight excluding hydrogens is 254 g/mol. The van der Waals surface area contributed by atoms with Gasteiger partial charge in [0.15, 0.2) is 0 Å². The smallest absolute Gasteiger partial charge is 0.0731 e. The predicted octanol–water partition coefficient (Wildman–Crippen LogP) is 4.36. The van der Waals surface area contributed by atoms with Crippen molar-refractivity contribution < 1.29 is 4.74 Å². The molecule has 0 saturated carbocycles. The molecule has 1 rings (SSSR count). The van der Waals surface area contributed by atoms with Gasteiger partial charge in [-0.2, -0.15) is 0 Å². The maximum Gasteiger partial charge on any atom is 0.0731 e. The molecule has 1 N–H and O–H groups in total. The van der Waals surface area contributed by atoms with Gasteiger partial charge in [0.1, 0.15) is 0 Å². The lowest BCUT2D eigenvalue weighted by Crippen LogP contribution is -2.18. The lowest BCUT2D eigenvalue weighted by Gasteiger charge is -2.16. The molecule has 0 aromatic carbocycles. The first kappa shape index (κ1) is 16.7. The second-order valence-corrected chi connectivity index (χ2v) is 7.42. The largest absolute Gasteiger partial charge is 0.374 e. The van der Waals surface area contributed by atoms with E-state index < -0.39 is 0 Å². The van der Waals surface area contributed by atoms with Crippen molar-refractivity contribution in [1.29, 1.82) is 0 Å². The van der Waals surface area contributed by atoms with Crippen LogP contribution >= 0.6 is 11.3 Å². The lowest BCUT2D eigenvalue weighted by molar-refractivity contribution is 0.0234. The number of nitrogens with one attached hydrogen (secondary N) is 1. The number of thiophene rings is 1. The van der Waals surface area contributed by atoms with Crippen LogP contribution in [0, 0.1) is 18.8 Å². The van der Waals surface area contributed by atoms with Crippen molar-refractivity contribution in [2.75, 3.05) is 6.54 Å². The topological polar surface area (TPSA) is 21.3 Å². The van der Waals surface area contributed by atoms with E-state index in [1.807, 2.05) is 11.3 Å². The van der Waals surface area contributed by atoms with Crippen molar-refractivity contribution in [3.05, 3.63) is 21.4 Å². The second kappa shape index (κ2) is 8.03. The van der Waals surface area contributed by atoms with Crippen LogP contribution < -0.4 is 5.32 Å². The van der Waals surface area contributed by atoms with Crippen LogP contribution in [0.15, 0.2) is 6.07 Å². The molecule has 0 aliphatic heterocycles. The molecule has 19 heavy (non-hydrogen) atoms. The summed E-state index contributed by atoms with van der Waals surface area (Å²) < 4.78 is 5.91. The van der Waals surface area contributed by atoms with Crippen LogP contribution in [0.2, 0.25) is 0 Å². The van der Waals surface area contributed by atoms with Crippen molar-refractivity contribution in [3.63, 3.8) is 0 Å². The van der Waals surface area contributed by atoms with Crippen LogP contribution in [0.1, 0.15) is 49.9 Å². The van der Waals surface area contributed by atoms with E-state index >= 15 is 0 Å². The Hall–Kier alpha value is -0.380. The fourth-order valence-electron chi connectivity index (χ4n) is 1.72. The summed E-state index contributed by atoms with van der Waals surface area (Å²) in [4.78, 5) is 2.80. The molecule has 0 radical (unpaired) electrons. The zero-order valence-corrected chi connectivity index (χ0v) is 14.1. The zero-order chi connectivity index (χ0) is 14.4. The minimum Gasteiger partial charge on any atom is -0.374 e. The summed E-state index contributed by atoms with van der Waals surface area (Å²) >= 11 is 1.88. The molecule has 3 heteroatoms. The highest BCUT2D eigenvalue weighted by molar-refractivity contribution is 7.12. The SMILES string of the molecule is Cc1sc(CNCC(C)C)cc1COC(C)C(C)C. The quantitative estimate of drug-likeness (QED) is 0.765. The first-order valence-electron chi connectivity index (χ1n) is 7.30. The van der Waals surface area contributed by atoms with Crippen molar-refractivity contribution in [3.8, 4) is 0 Å². The number of hydrogen-bond acceptors (Lipinski definition) is 3. The van der Waals surface area contributed by atoms with Crippen LogP contribution in [0.3, 0.4) is 0 Å². The van der Waals surface area contributed by atoms with Gasteiger partial charge in [-0.1, -0.05) is 27.7 Å². The standard InChI is InChI=1S/C16H29NOS/c1-11(2)8-17-9-16-7-15(14(6)19-16)10-18-13(5)12(3)4/h7,11-13,17H,8-10H2,1-6H3. The summed E-state index contributed by atoms with van der Waals surface area (Å²) in [5.74, 6) is 1.28. The first-order valence-corrected chi connectivity index (χ1v) is 8.12. The highest BCUT2D eigenvalue weighted by Gasteiger charge is 2.10. The Morgan fingerprint density at radius 3 is 2.47 bits per heavy atom. The van der Waals surface area contributed by atoms with E-state index in [0.29, 0.717) is 17.9 Å². The van der Waals surface area contributed by atoms with Gasteiger partial charge in [-0.15, -0.1) is 11.3 Å². The van der Waals surface area contributed by atoms with Crippen LogP contribution in [0.25, 0.3) is 0 Å². The van der Waals surface area contributed by atoms with Crippen molar-refractivity contribution in [2.45, 2.75) is 60.8 Å². The Morgan fingerprint density at radius 2 is 1.89 bits per heavy atom. The van der Waals surface area contributed by atoms with Crippen molar-refractivity contribution in [1.82, 2.24) is 5.32 Å². The van der Waals surface area contributed by atoms with Crippen molar-refractivity contribution in [2.24, 2.45) is 11.8 Å². The van der Waals surface area contributed by atoms with Gasteiger partial charge in [-0.05, 0) is 43.9 Å². The van der Waals surface area contributed by atoms with Crippen LogP contribution in [0.4, 0.5) is 0 Å². The predicted molar refractivity (Wildman–Crippen MR) is 84.7 cm³/mol. The maximum absolute atomic E-state index is 5.91. The molecule has 0 aliphatic carbocycles. The van der Waals surface area contributed by atoms with Gasteiger partial charge in [0.25, 0.3) is 0 Å². The molecule has 1 atom stereocenters. The summed E-state index contributed by atoms with van der Waals surface area (Å²) in [6, 6.07) is 2.29. The molecule has 0 saturated heterocycles. The molecule has 0 fully saturated rings. The first-order chi connectivity index (χ1) is 8.90. The molecule has 2 nitrogen and oxygen atoms in total. The number of rotatable bonds is 8. The highest BCUT2D eigenvalue weighted by atomic mass is 32.1. The van der Waals surface area contributed by atoms with Gasteiger partial charge in [0.05, 0.1) is 12.7 Å². The third-order valence-electron chi connectivity index (χ3n) is 3.36. The molecule has 1 aromatic heterocycles. The Bertz CT molecular complexity index is 371. The van der Waals surface area contributed by atoms with Gasteiger partial charge in [-0.3, -0.25) is 0 Å². The van der Waals surface area contributed by atoms with E-state index in [0.717, 1.165) is 19.7 Å². The van der Waals surface area contributed by atoms with Crippen LogP contribution in [0.5, 0.6) is 0 Å². The van der Waals surface area contributed by atoms with E-state index in [1.54, 1.807) is 0 Å². The van der Waals surface area contributed by atoms with Gasteiger partial charge in [-0.25, -0.2) is 0 Å². The monoisotopic (exact) mass is 283 g/mol. The molecule has 0 aliphatic rings. The number of ether oxygens (including phenoxy) is 1. The van der Waals surface area contributed by atoms with Crippen LogP contribution in [-0.4, -0.2) is 12.6 Å². The third kappa shape index (κ3) is 6.07. The maximum atomic E-state index is 5.91. The molecule has 0 amide bonds. The fraction of sp³-hybridized carbons (Fsp3) is 0.750. The third-order valence-corrected chi connectivity index (χ3v) is 4.46. The van der Waals surface area contributed by atoms with Gasteiger partial charge >= 0.3 is 0 Å². The van der Waals surface area contributed by atoms with E-state index in [9.17, 15) is 0 Å². The van der Waals surface area contributed by atoms with Gasteiger partial charge in [0, 0.05) is 16.3 Å².